The molecule has 1 heterocycles. The van der Waals surface area contributed by atoms with Crippen molar-refractivity contribution < 1.29 is 9.21 Å². The van der Waals surface area contributed by atoms with Gasteiger partial charge >= 0.3 is 6.01 Å². The van der Waals surface area contributed by atoms with E-state index in [1.165, 1.54) is 12.1 Å². The quantitative estimate of drug-likeness (QED) is 0.541. The average molecular weight is 408 g/mol. The Labute approximate surface area is 165 Å². The number of nitrogens with one attached hydrogen (secondary N) is 1. The van der Waals surface area contributed by atoms with E-state index in [1.54, 1.807) is 17.8 Å². The second-order valence-corrected chi connectivity index (χ2v) is 8.18. The van der Waals surface area contributed by atoms with Crippen molar-refractivity contribution in [3.05, 3.63) is 58.1 Å². The molecule has 0 saturated carbocycles. The highest BCUT2D eigenvalue weighted by molar-refractivity contribution is 7.99. The second kappa shape index (κ2) is 8.12. The molecule has 1 N–H and O–H groups in total. The second-order valence-electron chi connectivity index (χ2n) is 5.69. The lowest BCUT2D eigenvalue weighted by atomic mass is 10.2. The van der Waals surface area contributed by atoms with Crippen LogP contribution in [0.25, 0.3) is 11.5 Å². The Hall–Kier alpha value is -2.02. The van der Waals surface area contributed by atoms with E-state index in [1.807, 2.05) is 24.3 Å². The molecule has 5 nitrogen and oxygen atoms in total. The van der Waals surface area contributed by atoms with E-state index in [2.05, 4.69) is 29.4 Å². The van der Waals surface area contributed by atoms with Crippen LogP contribution in [-0.2, 0) is 0 Å². The first-order valence-electron chi connectivity index (χ1n) is 7.79. The van der Waals surface area contributed by atoms with Crippen molar-refractivity contribution in [2.75, 3.05) is 5.32 Å². The van der Waals surface area contributed by atoms with Gasteiger partial charge in [-0.2, -0.15) is 0 Å². The Kier molecular flexibility index (Phi) is 5.86. The van der Waals surface area contributed by atoms with Crippen molar-refractivity contribution >= 4 is 46.9 Å². The van der Waals surface area contributed by atoms with Crippen LogP contribution in [0.2, 0.25) is 10.0 Å². The third-order valence-corrected chi connectivity index (χ3v) is 4.82. The Bertz CT molecular complexity index is 944. The molecule has 0 aliphatic carbocycles. The molecule has 0 aliphatic heterocycles. The number of nitrogens with zero attached hydrogens (tertiary/aromatic N) is 2. The molecule has 8 heteroatoms. The van der Waals surface area contributed by atoms with Crippen LogP contribution in [0.4, 0.5) is 6.01 Å². The molecule has 0 radical (unpaired) electrons. The topological polar surface area (TPSA) is 68.0 Å². The van der Waals surface area contributed by atoms with Crippen LogP contribution in [-0.4, -0.2) is 21.4 Å². The zero-order valence-corrected chi connectivity index (χ0v) is 16.3. The molecule has 1 amide bonds. The van der Waals surface area contributed by atoms with E-state index >= 15 is 0 Å². The molecule has 2 aromatic carbocycles. The summed E-state index contributed by atoms with van der Waals surface area (Å²) < 4.78 is 5.55. The van der Waals surface area contributed by atoms with Gasteiger partial charge in [-0.05, 0) is 36.4 Å². The van der Waals surface area contributed by atoms with Crippen LogP contribution in [0.5, 0.6) is 0 Å². The number of anilines is 1. The number of aromatic nitrogens is 2. The Balaban J connectivity index is 1.77. The highest BCUT2D eigenvalue weighted by Gasteiger charge is 2.15. The summed E-state index contributed by atoms with van der Waals surface area (Å²) in [6.45, 7) is 4.25. The van der Waals surface area contributed by atoms with E-state index in [0.29, 0.717) is 16.2 Å². The van der Waals surface area contributed by atoms with Gasteiger partial charge in [0.15, 0.2) is 0 Å². The summed E-state index contributed by atoms with van der Waals surface area (Å²) in [5.41, 5.74) is 1.05. The molecular weight excluding hydrogens is 393 g/mol. The highest BCUT2D eigenvalue weighted by atomic mass is 35.5. The predicted molar refractivity (Wildman–Crippen MR) is 105 cm³/mol. The maximum atomic E-state index is 12.3. The summed E-state index contributed by atoms with van der Waals surface area (Å²) in [6.07, 6.45) is 0. The fourth-order valence-corrected chi connectivity index (χ4v) is 3.59. The maximum absolute atomic E-state index is 12.3. The van der Waals surface area contributed by atoms with Crippen molar-refractivity contribution in [1.29, 1.82) is 0 Å². The minimum Gasteiger partial charge on any atom is -0.403 e. The molecule has 0 atom stereocenters. The summed E-state index contributed by atoms with van der Waals surface area (Å²) in [5, 5.41) is 11.6. The van der Waals surface area contributed by atoms with Crippen LogP contribution in [0.15, 0.2) is 51.8 Å². The van der Waals surface area contributed by atoms with Gasteiger partial charge in [0, 0.05) is 20.7 Å². The van der Waals surface area contributed by atoms with Crippen LogP contribution >= 0.6 is 35.0 Å². The van der Waals surface area contributed by atoms with Gasteiger partial charge in [0.1, 0.15) is 0 Å². The molecule has 1 aromatic heterocycles. The van der Waals surface area contributed by atoms with Crippen LogP contribution in [0, 0.1) is 0 Å². The smallest absolute Gasteiger partial charge is 0.322 e. The van der Waals surface area contributed by atoms with Gasteiger partial charge < -0.3 is 4.42 Å². The van der Waals surface area contributed by atoms with Crippen LogP contribution in [0.3, 0.4) is 0 Å². The molecule has 0 bridgehead atoms. The van der Waals surface area contributed by atoms with Gasteiger partial charge in [-0.1, -0.05) is 48.2 Å². The lowest BCUT2D eigenvalue weighted by Crippen LogP contribution is -2.12. The number of hydrogen-bond donors (Lipinski definition) is 1. The van der Waals surface area contributed by atoms with E-state index in [0.717, 1.165) is 10.5 Å². The van der Waals surface area contributed by atoms with Gasteiger partial charge in [0.2, 0.25) is 5.89 Å². The molecule has 0 aliphatic rings. The first kappa shape index (κ1) is 18.8. The molecule has 0 fully saturated rings. The number of halogens is 2. The average Bonchev–Trinajstić information content (AvgIpc) is 3.03. The van der Waals surface area contributed by atoms with E-state index in [-0.39, 0.29) is 16.6 Å². The van der Waals surface area contributed by atoms with E-state index in [9.17, 15) is 4.79 Å². The number of hydrogen-bond acceptors (Lipinski definition) is 5. The first-order valence-corrected chi connectivity index (χ1v) is 9.43. The summed E-state index contributed by atoms with van der Waals surface area (Å²) in [6, 6.07) is 12.4. The normalized spacial score (nSPS) is 11.0. The third kappa shape index (κ3) is 4.58. The molecule has 0 spiro atoms. The standard InChI is InChI=1S/C18H15Cl2N3O2S/c1-10(2)26-13-5-3-4-11(8-13)17-22-23-18(25-17)21-16(24)14-7-6-12(19)9-15(14)20/h3-10H,1-2H3,(H,21,23,24). The molecule has 0 saturated heterocycles. The Morgan fingerprint density at radius 2 is 1.96 bits per heavy atom. The molecule has 3 aromatic rings. The molecule has 3 rings (SSSR count). The van der Waals surface area contributed by atoms with Gasteiger partial charge in [0.25, 0.3) is 5.91 Å². The summed E-state index contributed by atoms with van der Waals surface area (Å²) >= 11 is 13.6. The van der Waals surface area contributed by atoms with E-state index in [4.69, 9.17) is 27.6 Å². The lowest BCUT2D eigenvalue weighted by Gasteiger charge is -2.05. The molecular formula is C18H15Cl2N3O2S. The fourth-order valence-electron chi connectivity index (χ4n) is 2.20. The van der Waals surface area contributed by atoms with Crippen molar-refractivity contribution in [2.45, 2.75) is 24.0 Å². The zero-order valence-electron chi connectivity index (χ0n) is 14.0. The zero-order chi connectivity index (χ0) is 18.7. The fraction of sp³-hybridized carbons (Fsp3) is 0.167. The number of rotatable bonds is 5. The number of carbonyl (C=O) groups is 1. The van der Waals surface area contributed by atoms with Crippen molar-refractivity contribution in [3.8, 4) is 11.5 Å². The lowest BCUT2D eigenvalue weighted by molar-refractivity contribution is 0.102. The minimum atomic E-state index is -0.453. The number of thioether (sulfide) groups is 1. The van der Waals surface area contributed by atoms with Crippen molar-refractivity contribution in [3.63, 3.8) is 0 Å². The summed E-state index contributed by atoms with van der Waals surface area (Å²) in [4.78, 5) is 13.4. The number of carbonyl (C=O) groups excluding carboxylic acids is 1. The van der Waals surface area contributed by atoms with Crippen molar-refractivity contribution in [2.24, 2.45) is 0 Å². The minimum absolute atomic E-state index is 0.00191. The van der Waals surface area contributed by atoms with Gasteiger partial charge in [-0.3, -0.25) is 10.1 Å². The van der Waals surface area contributed by atoms with Crippen LogP contribution < -0.4 is 5.32 Å². The number of benzene rings is 2. The first-order chi connectivity index (χ1) is 12.4. The monoisotopic (exact) mass is 407 g/mol. The third-order valence-electron chi connectivity index (χ3n) is 3.27. The highest BCUT2D eigenvalue weighted by Crippen LogP contribution is 2.28. The van der Waals surface area contributed by atoms with Crippen molar-refractivity contribution in [1.82, 2.24) is 10.2 Å². The Morgan fingerprint density at radius 3 is 2.69 bits per heavy atom. The molecule has 134 valence electrons. The van der Waals surface area contributed by atoms with Crippen LogP contribution in [0.1, 0.15) is 24.2 Å². The summed E-state index contributed by atoms with van der Waals surface area (Å²) in [5.74, 6) is -0.125. The van der Waals surface area contributed by atoms with Gasteiger partial charge in [-0.25, -0.2) is 0 Å². The SMILES string of the molecule is CC(C)Sc1cccc(-c2nnc(NC(=O)c3ccc(Cl)cc3Cl)o2)c1. The summed E-state index contributed by atoms with van der Waals surface area (Å²) in [7, 11) is 0. The largest absolute Gasteiger partial charge is 0.403 e. The Morgan fingerprint density at radius 1 is 1.15 bits per heavy atom. The molecule has 0 unspecified atom stereocenters. The van der Waals surface area contributed by atoms with E-state index < -0.39 is 5.91 Å². The van der Waals surface area contributed by atoms with Gasteiger partial charge in [-0.15, -0.1) is 16.9 Å². The maximum Gasteiger partial charge on any atom is 0.322 e. The predicted octanol–water partition coefficient (Wildman–Crippen LogP) is 5.80. The number of amides is 1. The van der Waals surface area contributed by atoms with Gasteiger partial charge in [0.05, 0.1) is 10.6 Å². The molecule has 26 heavy (non-hydrogen) atoms.